The summed E-state index contributed by atoms with van der Waals surface area (Å²) in [5, 5.41) is 18.1. The van der Waals surface area contributed by atoms with Crippen molar-refractivity contribution in [3.05, 3.63) is 48.6 Å². The van der Waals surface area contributed by atoms with Crippen LogP contribution < -0.4 is 0 Å². The van der Waals surface area contributed by atoms with E-state index in [0.717, 1.165) is 83.8 Å². The highest BCUT2D eigenvalue weighted by Crippen LogP contribution is 2.35. The Bertz CT molecular complexity index is 1010. The van der Waals surface area contributed by atoms with Crippen molar-refractivity contribution in [2.24, 2.45) is 0 Å². The van der Waals surface area contributed by atoms with Gasteiger partial charge in [-0.15, -0.1) is 0 Å². The Morgan fingerprint density at radius 1 is 0.508 bits per heavy atom. The van der Waals surface area contributed by atoms with E-state index in [4.69, 9.17) is 19.7 Å². The number of carboxylic acids is 2. The minimum absolute atomic E-state index is 0.0299. The first-order valence-corrected chi connectivity index (χ1v) is 25.0. The molecular formula is C52H93NO6. The Labute approximate surface area is 363 Å². The van der Waals surface area contributed by atoms with Crippen molar-refractivity contribution in [3.63, 3.8) is 0 Å². The van der Waals surface area contributed by atoms with E-state index < -0.39 is 17.7 Å². The van der Waals surface area contributed by atoms with Gasteiger partial charge in [-0.3, -0.25) is 9.59 Å². The number of carbonyl (C=O) groups is 2. The first kappa shape index (κ1) is 54.8. The molecule has 0 unspecified atom stereocenters. The molecule has 0 aliphatic carbocycles. The highest BCUT2D eigenvalue weighted by molar-refractivity contribution is 5.66. The molecule has 7 heteroatoms. The number of ether oxygens (including phenoxy) is 2. The number of unbranched alkanes of at least 4 members (excludes halogenated alkanes) is 22. The molecule has 0 radical (unpaired) electrons. The molecule has 59 heavy (non-hydrogen) atoms. The van der Waals surface area contributed by atoms with E-state index in [0.29, 0.717) is 19.4 Å². The van der Waals surface area contributed by atoms with Gasteiger partial charge in [0.2, 0.25) is 0 Å². The third-order valence-electron chi connectivity index (χ3n) is 11.6. The van der Waals surface area contributed by atoms with Crippen molar-refractivity contribution < 1.29 is 29.3 Å². The van der Waals surface area contributed by atoms with E-state index in [9.17, 15) is 9.59 Å². The summed E-state index contributed by atoms with van der Waals surface area (Å²) in [5.41, 5.74) is 0. The molecule has 0 aromatic carbocycles. The molecule has 0 saturated carbocycles. The summed E-state index contributed by atoms with van der Waals surface area (Å²) in [6.45, 7) is 7.76. The molecule has 1 aliphatic heterocycles. The molecule has 0 aromatic heterocycles. The van der Waals surface area contributed by atoms with Gasteiger partial charge in [0, 0.05) is 32.2 Å². The minimum Gasteiger partial charge on any atom is -0.481 e. The lowest BCUT2D eigenvalue weighted by atomic mass is 9.98. The van der Waals surface area contributed by atoms with Gasteiger partial charge in [-0.1, -0.05) is 152 Å². The largest absolute Gasteiger partial charge is 0.481 e. The number of hydrogen-bond acceptors (Lipinski definition) is 5. The summed E-state index contributed by atoms with van der Waals surface area (Å²) in [6.07, 6.45) is 56.0. The maximum Gasteiger partial charge on any atom is 0.303 e. The first-order valence-electron chi connectivity index (χ1n) is 25.0. The van der Waals surface area contributed by atoms with Crippen LogP contribution in [0.4, 0.5) is 0 Å². The molecule has 1 rings (SSSR count). The van der Waals surface area contributed by atoms with Crippen molar-refractivity contribution in [3.8, 4) is 0 Å². The maximum atomic E-state index is 11.0. The van der Waals surface area contributed by atoms with Crippen LogP contribution in [0.2, 0.25) is 0 Å². The summed E-state index contributed by atoms with van der Waals surface area (Å²) in [4.78, 5) is 24.5. The highest BCUT2D eigenvalue weighted by Gasteiger charge is 2.41. The molecule has 1 atom stereocenters. The van der Waals surface area contributed by atoms with Gasteiger partial charge in [0.15, 0.2) is 5.79 Å². The van der Waals surface area contributed by atoms with E-state index in [1.54, 1.807) is 0 Å². The number of carboxylic acid groups (broad SMARTS) is 2. The van der Waals surface area contributed by atoms with Crippen LogP contribution in [-0.2, 0) is 19.1 Å². The standard InChI is InChI=1S/C52H93NO6/c1-3-5-7-9-11-13-15-17-19-21-23-25-27-29-31-37-43-52(44-38-32-30-28-26-24-22-20-18-16-14-12-10-8-6-4-2)58-48-49(59-52)47-53(45-39-33-35-41-50(54)55)46-40-34-36-42-51(56)57/h11-14,17-20,49H,3-10,15-16,21-48H2,1-2H3,(H,54,55)(H,56,57)/b13-11-,14-12-,19-17-,20-18-/t49-/m0/s1. The second kappa shape index (κ2) is 41.1. The number of nitrogens with zero attached hydrogens (tertiary/aromatic N) is 1. The molecule has 2 N–H and O–H groups in total. The Morgan fingerprint density at radius 2 is 0.881 bits per heavy atom. The van der Waals surface area contributed by atoms with Gasteiger partial charge >= 0.3 is 11.9 Å². The van der Waals surface area contributed by atoms with Crippen molar-refractivity contribution in [1.29, 1.82) is 0 Å². The van der Waals surface area contributed by atoms with E-state index >= 15 is 0 Å². The van der Waals surface area contributed by atoms with Crippen LogP contribution in [0, 0.1) is 0 Å². The lowest BCUT2D eigenvalue weighted by Gasteiger charge is -2.30. The Balaban J connectivity index is 2.54. The Kier molecular flexibility index (Phi) is 38.2. The van der Waals surface area contributed by atoms with E-state index in [1.807, 2.05) is 0 Å². The Morgan fingerprint density at radius 3 is 1.29 bits per heavy atom. The van der Waals surface area contributed by atoms with Crippen molar-refractivity contribution in [2.45, 2.75) is 244 Å². The third-order valence-corrected chi connectivity index (χ3v) is 11.6. The second-order valence-corrected chi connectivity index (χ2v) is 17.3. The molecule has 1 saturated heterocycles. The lowest BCUT2D eigenvalue weighted by Crippen LogP contribution is -2.37. The zero-order valence-electron chi connectivity index (χ0n) is 38.5. The summed E-state index contributed by atoms with van der Waals surface area (Å²) in [5.74, 6) is -1.94. The molecule has 1 aliphatic rings. The smallest absolute Gasteiger partial charge is 0.303 e. The van der Waals surface area contributed by atoms with Gasteiger partial charge in [-0.05, 0) is 116 Å². The van der Waals surface area contributed by atoms with Gasteiger partial charge in [0.1, 0.15) is 0 Å². The normalized spacial score (nSPS) is 15.7. The van der Waals surface area contributed by atoms with E-state index in [2.05, 4.69) is 67.4 Å². The number of rotatable bonds is 44. The van der Waals surface area contributed by atoms with Gasteiger partial charge in [-0.2, -0.15) is 0 Å². The average Bonchev–Trinajstić information content (AvgIpc) is 3.61. The molecule has 0 bridgehead atoms. The van der Waals surface area contributed by atoms with Gasteiger partial charge < -0.3 is 24.6 Å². The van der Waals surface area contributed by atoms with Crippen LogP contribution in [0.25, 0.3) is 0 Å². The Hall–Kier alpha value is -2.22. The molecule has 1 heterocycles. The molecule has 0 spiro atoms. The fourth-order valence-electron chi connectivity index (χ4n) is 8.02. The van der Waals surface area contributed by atoms with Gasteiger partial charge in [0.05, 0.1) is 12.7 Å². The monoisotopic (exact) mass is 828 g/mol. The topological polar surface area (TPSA) is 96.3 Å². The van der Waals surface area contributed by atoms with Crippen LogP contribution in [-0.4, -0.2) is 65.2 Å². The second-order valence-electron chi connectivity index (χ2n) is 17.3. The fraction of sp³-hybridized carbons (Fsp3) is 0.808. The van der Waals surface area contributed by atoms with Gasteiger partial charge in [-0.25, -0.2) is 0 Å². The number of hydrogen-bond donors (Lipinski definition) is 2. The molecule has 7 nitrogen and oxygen atoms in total. The van der Waals surface area contributed by atoms with Crippen molar-refractivity contribution in [1.82, 2.24) is 4.90 Å². The van der Waals surface area contributed by atoms with Crippen LogP contribution in [0.1, 0.15) is 232 Å². The van der Waals surface area contributed by atoms with Crippen molar-refractivity contribution >= 4 is 11.9 Å². The SMILES string of the molecule is CCCCC/C=C\C/C=C\CCCCCCCCC1(CCCCCCCC/C=C\C/C=C\CCCCC)OC[C@H](CN(CCCCCC(=O)O)CCCCCC(=O)O)O1. The predicted octanol–water partition coefficient (Wildman–Crippen LogP) is 15.1. The fourth-order valence-corrected chi connectivity index (χ4v) is 8.02. The van der Waals surface area contributed by atoms with Crippen LogP contribution in [0.5, 0.6) is 0 Å². The maximum absolute atomic E-state index is 11.0. The van der Waals surface area contributed by atoms with E-state index in [1.165, 1.54) is 128 Å². The lowest BCUT2D eigenvalue weighted by molar-refractivity contribution is -0.180. The van der Waals surface area contributed by atoms with Crippen molar-refractivity contribution in [2.75, 3.05) is 26.2 Å². The van der Waals surface area contributed by atoms with E-state index in [-0.39, 0.29) is 18.9 Å². The summed E-state index contributed by atoms with van der Waals surface area (Å²) < 4.78 is 13.5. The minimum atomic E-state index is -0.729. The van der Waals surface area contributed by atoms with Gasteiger partial charge in [0.25, 0.3) is 0 Å². The van der Waals surface area contributed by atoms with Crippen LogP contribution >= 0.6 is 0 Å². The quantitative estimate of drug-likeness (QED) is 0.0466. The molecule has 342 valence electrons. The molecule has 1 fully saturated rings. The number of allylic oxidation sites excluding steroid dienone is 8. The van der Waals surface area contributed by atoms with Crippen LogP contribution in [0.3, 0.4) is 0 Å². The first-order chi connectivity index (χ1) is 28.9. The highest BCUT2D eigenvalue weighted by atomic mass is 16.7. The summed E-state index contributed by atoms with van der Waals surface area (Å²) in [7, 11) is 0. The summed E-state index contributed by atoms with van der Waals surface area (Å²) in [6, 6.07) is 0. The average molecular weight is 828 g/mol. The number of aliphatic carboxylic acids is 2. The molecule has 0 aromatic rings. The zero-order chi connectivity index (χ0) is 42.8. The molecule has 0 amide bonds. The third kappa shape index (κ3) is 36.2. The zero-order valence-corrected chi connectivity index (χ0v) is 38.5. The predicted molar refractivity (Wildman–Crippen MR) is 250 cm³/mol. The van der Waals surface area contributed by atoms with Crippen LogP contribution in [0.15, 0.2) is 48.6 Å². The summed E-state index contributed by atoms with van der Waals surface area (Å²) >= 11 is 0. The molecular weight excluding hydrogens is 735 g/mol.